The van der Waals surface area contributed by atoms with Gasteiger partial charge in [-0.3, -0.25) is 0 Å². The van der Waals surface area contributed by atoms with Gasteiger partial charge in [0.1, 0.15) is 6.10 Å². The van der Waals surface area contributed by atoms with Gasteiger partial charge >= 0.3 is 0 Å². The lowest BCUT2D eigenvalue weighted by Gasteiger charge is -2.28. The van der Waals surface area contributed by atoms with Gasteiger partial charge in [-0.1, -0.05) is 12.8 Å². The third kappa shape index (κ3) is 3.73. The first-order valence-electron chi connectivity index (χ1n) is 5.24. The summed E-state index contributed by atoms with van der Waals surface area (Å²) in [6.45, 7) is -0.138. The number of nitrogens with one attached hydrogen (secondary N) is 1. The van der Waals surface area contributed by atoms with Crippen LogP contribution in [0.25, 0.3) is 0 Å². The Morgan fingerprint density at radius 3 is 2.67 bits per heavy atom. The highest BCUT2D eigenvalue weighted by Crippen LogP contribution is 2.23. The van der Waals surface area contributed by atoms with Crippen LogP contribution in [-0.2, 0) is 0 Å². The van der Waals surface area contributed by atoms with Gasteiger partial charge in [0.15, 0.2) is 0 Å². The van der Waals surface area contributed by atoms with Crippen LogP contribution in [0.4, 0.5) is 8.78 Å². The number of hydrogen-bond donors (Lipinski definition) is 2. The molecule has 0 bridgehead atoms. The van der Waals surface area contributed by atoms with Crippen LogP contribution in [0.1, 0.15) is 25.7 Å². The van der Waals surface area contributed by atoms with E-state index in [-0.39, 0.29) is 18.5 Å². The van der Waals surface area contributed by atoms with E-state index in [0.29, 0.717) is 0 Å². The highest BCUT2D eigenvalue weighted by atomic mass is 19.3. The van der Waals surface area contributed by atoms with Crippen LogP contribution in [0.2, 0.25) is 0 Å². The molecule has 0 amide bonds. The molecule has 0 aromatic heterocycles. The third-order valence-corrected chi connectivity index (χ3v) is 2.81. The maximum atomic E-state index is 12.0. The lowest BCUT2D eigenvalue weighted by molar-refractivity contribution is -0.00579. The van der Waals surface area contributed by atoms with Crippen molar-refractivity contribution in [3.05, 3.63) is 0 Å². The van der Waals surface area contributed by atoms with Crippen molar-refractivity contribution in [3.63, 3.8) is 0 Å². The molecule has 0 spiro atoms. The Morgan fingerprint density at radius 1 is 1.40 bits per heavy atom. The first kappa shape index (κ1) is 12.3. The molecule has 0 aliphatic heterocycles. The highest BCUT2D eigenvalue weighted by molar-refractivity contribution is 4.94. The second-order valence-corrected chi connectivity index (χ2v) is 3.94. The molecule has 0 heterocycles. The molecule has 0 radical (unpaired) electrons. The van der Waals surface area contributed by atoms with Crippen molar-refractivity contribution in [3.8, 4) is 6.07 Å². The molecule has 86 valence electrons. The summed E-state index contributed by atoms with van der Waals surface area (Å²) in [4.78, 5) is 0. The van der Waals surface area contributed by atoms with Gasteiger partial charge in [0, 0.05) is 12.6 Å². The number of halogens is 2. The summed E-state index contributed by atoms with van der Waals surface area (Å²) < 4.78 is 24.0. The Bertz CT molecular complexity index is 230. The van der Waals surface area contributed by atoms with Crippen molar-refractivity contribution in [2.45, 2.75) is 44.3 Å². The predicted molar refractivity (Wildman–Crippen MR) is 51.4 cm³/mol. The number of rotatable bonds is 4. The minimum atomic E-state index is -2.72. The highest BCUT2D eigenvalue weighted by Gasteiger charge is 2.26. The molecule has 0 aromatic carbocycles. The van der Waals surface area contributed by atoms with Crippen LogP contribution in [0.5, 0.6) is 0 Å². The number of nitriles is 1. The topological polar surface area (TPSA) is 56.0 Å². The van der Waals surface area contributed by atoms with Gasteiger partial charge in [-0.2, -0.15) is 5.26 Å². The molecule has 15 heavy (non-hydrogen) atoms. The van der Waals surface area contributed by atoms with Crippen LogP contribution in [-0.4, -0.2) is 30.2 Å². The maximum Gasteiger partial charge on any atom is 0.265 e. The van der Waals surface area contributed by atoms with E-state index in [0.717, 1.165) is 25.7 Å². The summed E-state index contributed by atoms with van der Waals surface area (Å²) in [7, 11) is 0. The molecular weight excluding hydrogens is 202 g/mol. The average molecular weight is 218 g/mol. The van der Waals surface area contributed by atoms with Gasteiger partial charge in [-0.05, 0) is 12.8 Å². The zero-order chi connectivity index (χ0) is 11.3. The normalized spacial score (nSPS) is 28.7. The van der Waals surface area contributed by atoms with Crippen molar-refractivity contribution in [1.82, 2.24) is 5.32 Å². The molecule has 5 heteroatoms. The Balaban J connectivity index is 2.33. The summed E-state index contributed by atoms with van der Waals surface area (Å²) >= 11 is 0. The van der Waals surface area contributed by atoms with E-state index in [1.807, 2.05) is 0 Å². The largest absolute Gasteiger partial charge is 0.386 e. The number of aliphatic hydroxyl groups excluding tert-OH is 1. The molecule has 1 aliphatic carbocycles. The fourth-order valence-corrected chi connectivity index (χ4v) is 1.89. The molecule has 0 aromatic rings. The number of nitrogens with zero attached hydrogens (tertiary/aromatic N) is 1. The third-order valence-electron chi connectivity index (χ3n) is 2.81. The van der Waals surface area contributed by atoms with Gasteiger partial charge in [0.2, 0.25) is 0 Å². The molecule has 0 saturated heterocycles. The SMILES string of the molecule is N#CC1CCCCC1NCC(O)C(F)F. The first-order chi connectivity index (χ1) is 7.15. The van der Waals surface area contributed by atoms with Crippen molar-refractivity contribution in [1.29, 1.82) is 5.26 Å². The standard InChI is InChI=1S/C10H16F2N2O/c11-10(12)9(15)6-14-8-4-2-1-3-7(8)5-13/h7-10,14-15H,1-4,6H2. The zero-order valence-corrected chi connectivity index (χ0v) is 8.50. The lowest BCUT2D eigenvalue weighted by Crippen LogP contribution is -2.43. The molecule has 1 fully saturated rings. The van der Waals surface area contributed by atoms with Crippen LogP contribution < -0.4 is 5.32 Å². The molecule has 1 saturated carbocycles. The van der Waals surface area contributed by atoms with Gasteiger partial charge < -0.3 is 10.4 Å². The van der Waals surface area contributed by atoms with E-state index in [4.69, 9.17) is 10.4 Å². The van der Waals surface area contributed by atoms with Gasteiger partial charge in [-0.15, -0.1) is 0 Å². The Labute approximate surface area is 88.1 Å². The van der Waals surface area contributed by atoms with Gasteiger partial charge in [0.25, 0.3) is 6.43 Å². The average Bonchev–Trinajstić information content (AvgIpc) is 2.26. The maximum absolute atomic E-state index is 12.0. The second kappa shape index (κ2) is 5.99. The van der Waals surface area contributed by atoms with Crippen LogP contribution in [0, 0.1) is 17.2 Å². The van der Waals surface area contributed by atoms with Crippen LogP contribution in [0.15, 0.2) is 0 Å². The van der Waals surface area contributed by atoms with Crippen molar-refractivity contribution >= 4 is 0 Å². The van der Waals surface area contributed by atoms with Crippen LogP contribution in [0.3, 0.4) is 0 Å². The minimum Gasteiger partial charge on any atom is -0.386 e. The first-order valence-corrected chi connectivity index (χ1v) is 5.24. The quantitative estimate of drug-likeness (QED) is 0.747. The van der Waals surface area contributed by atoms with E-state index in [9.17, 15) is 8.78 Å². The molecule has 3 nitrogen and oxygen atoms in total. The molecule has 3 atom stereocenters. The fourth-order valence-electron chi connectivity index (χ4n) is 1.89. The van der Waals surface area contributed by atoms with Gasteiger partial charge in [0.05, 0.1) is 12.0 Å². The van der Waals surface area contributed by atoms with E-state index in [1.54, 1.807) is 0 Å². The molecule has 1 aliphatic rings. The smallest absolute Gasteiger partial charge is 0.265 e. The number of aliphatic hydroxyl groups is 1. The van der Waals surface area contributed by atoms with Crippen LogP contribution >= 0.6 is 0 Å². The Morgan fingerprint density at radius 2 is 2.07 bits per heavy atom. The number of hydrogen-bond acceptors (Lipinski definition) is 3. The monoisotopic (exact) mass is 218 g/mol. The minimum absolute atomic E-state index is 0.0443. The summed E-state index contributed by atoms with van der Waals surface area (Å²) in [5.41, 5.74) is 0. The van der Waals surface area contributed by atoms with Gasteiger partial charge in [-0.25, -0.2) is 8.78 Å². The van der Waals surface area contributed by atoms with E-state index in [2.05, 4.69) is 11.4 Å². The van der Waals surface area contributed by atoms with E-state index < -0.39 is 12.5 Å². The molecular formula is C10H16F2N2O. The second-order valence-electron chi connectivity index (χ2n) is 3.94. The lowest BCUT2D eigenvalue weighted by atomic mass is 9.85. The molecule has 3 unspecified atom stereocenters. The Hall–Kier alpha value is -0.730. The fraction of sp³-hybridized carbons (Fsp3) is 0.900. The molecule has 2 N–H and O–H groups in total. The van der Waals surface area contributed by atoms with E-state index in [1.165, 1.54) is 0 Å². The van der Waals surface area contributed by atoms with Crippen molar-refractivity contribution in [2.24, 2.45) is 5.92 Å². The summed E-state index contributed by atoms with van der Waals surface area (Å²) in [5, 5.41) is 20.6. The zero-order valence-electron chi connectivity index (χ0n) is 8.50. The molecule has 1 rings (SSSR count). The van der Waals surface area contributed by atoms with Crippen molar-refractivity contribution < 1.29 is 13.9 Å². The van der Waals surface area contributed by atoms with E-state index >= 15 is 0 Å². The number of alkyl halides is 2. The summed E-state index contributed by atoms with van der Waals surface area (Å²) in [6.07, 6.45) is -0.672. The predicted octanol–water partition coefficient (Wildman–Crippen LogP) is 1.28. The summed E-state index contributed by atoms with van der Waals surface area (Å²) in [6, 6.07) is 2.13. The van der Waals surface area contributed by atoms with Crippen molar-refractivity contribution in [2.75, 3.05) is 6.54 Å². The summed E-state index contributed by atoms with van der Waals surface area (Å²) in [5.74, 6) is -0.108. The Kier molecular flexibility index (Phi) is 4.92.